The molecule has 0 atom stereocenters. The normalized spacial score (nSPS) is 16.5. The van der Waals surface area contributed by atoms with Crippen LogP contribution in [0.5, 0.6) is 0 Å². The van der Waals surface area contributed by atoms with Crippen molar-refractivity contribution in [1.82, 2.24) is 9.21 Å². The van der Waals surface area contributed by atoms with E-state index in [0.29, 0.717) is 39.0 Å². The van der Waals surface area contributed by atoms with E-state index in [1.165, 1.54) is 9.87 Å². The van der Waals surface area contributed by atoms with Crippen molar-refractivity contribution in [3.05, 3.63) is 35.4 Å². The zero-order chi connectivity index (χ0) is 16.9. The fraction of sp³-hybridized carbons (Fsp3) is 0.588. The molecule has 0 radical (unpaired) electrons. The van der Waals surface area contributed by atoms with Gasteiger partial charge in [-0.25, -0.2) is 8.42 Å². The highest BCUT2D eigenvalue weighted by molar-refractivity contribution is 7.89. The van der Waals surface area contributed by atoms with Gasteiger partial charge in [-0.1, -0.05) is 36.8 Å². The lowest BCUT2D eigenvalue weighted by atomic mass is 10.1. The maximum absolute atomic E-state index is 12.3. The first kappa shape index (κ1) is 17.9. The third kappa shape index (κ3) is 5.04. The predicted octanol–water partition coefficient (Wildman–Crippen LogP) is 1.81. The Labute approximate surface area is 139 Å². The minimum absolute atomic E-state index is 0.109. The molecule has 1 aromatic rings. The molecule has 2 rings (SSSR count). The maximum atomic E-state index is 12.3. The van der Waals surface area contributed by atoms with E-state index >= 15 is 0 Å². The molecular formula is C17H26N2O3S. The number of carbonyl (C=O) groups is 1. The highest BCUT2D eigenvalue weighted by Gasteiger charge is 2.27. The lowest BCUT2D eigenvalue weighted by Gasteiger charge is -2.34. The molecular weight excluding hydrogens is 312 g/mol. The summed E-state index contributed by atoms with van der Waals surface area (Å²) in [5.74, 6) is 0.298. The monoisotopic (exact) mass is 338 g/mol. The first-order valence-electron chi connectivity index (χ1n) is 8.23. The van der Waals surface area contributed by atoms with E-state index in [9.17, 15) is 13.2 Å². The largest absolute Gasteiger partial charge is 0.340 e. The van der Waals surface area contributed by atoms with Gasteiger partial charge in [-0.2, -0.15) is 4.31 Å². The van der Waals surface area contributed by atoms with Crippen LogP contribution < -0.4 is 0 Å². The van der Waals surface area contributed by atoms with Crippen molar-refractivity contribution in [1.29, 1.82) is 0 Å². The first-order valence-corrected chi connectivity index (χ1v) is 9.84. The molecule has 1 aliphatic rings. The standard InChI is InChI=1S/C17H26N2O3S/c1-3-14-23(21,22)19-12-10-18(11-13-19)17(20)9-8-16-6-4-15(2)5-7-16/h4-7H,3,8-14H2,1-2H3. The molecule has 0 unspecified atom stereocenters. The van der Waals surface area contributed by atoms with Crippen LogP contribution in [0.4, 0.5) is 0 Å². The molecule has 0 aliphatic carbocycles. The van der Waals surface area contributed by atoms with Gasteiger partial charge in [0.05, 0.1) is 5.75 Å². The van der Waals surface area contributed by atoms with Crippen LogP contribution in [0.1, 0.15) is 30.9 Å². The van der Waals surface area contributed by atoms with Crippen molar-refractivity contribution >= 4 is 15.9 Å². The molecule has 128 valence electrons. The number of hydrogen-bond donors (Lipinski definition) is 0. The number of piperazine rings is 1. The van der Waals surface area contributed by atoms with Gasteiger partial charge in [0.15, 0.2) is 0 Å². The van der Waals surface area contributed by atoms with Gasteiger partial charge >= 0.3 is 0 Å². The quantitative estimate of drug-likeness (QED) is 0.795. The van der Waals surface area contributed by atoms with Crippen LogP contribution in [0.15, 0.2) is 24.3 Å². The summed E-state index contributed by atoms with van der Waals surface area (Å²) in [6, 6.07) is 8.21. The fourth-order valence-corrected chi connectivity index (χ4v) is 4.26. The lowest BCUT2D eigenvalue weighted by Crippen LogP contribution is -2.51. The van der Waals surface area contributed by atoms with Crippen LogP contribution in [-0.4, -0.2) is 55.5 Å². The van der Waals surface area contributed by atoms with E-state index in [4.69, 9.17) is 0 Å². The van der Waals surface area contributed by atoms with Crippen molar-refractivity contribution < 1.29 is 13.2 Å². The number of sulfonamides is 1. The second kappa shape index (κ2) is 7.93. The number of nitrogens with zero attached hydrogens (tertiary/aromatic N) is 2. The summed E-state index contributed by atoms with van der Waals surface area (Å²) in [5, 5.41) is 0. The second-order valence-corrected chi connectivity index (χ2v) is 8.17. The average Bonchev–Trinajstić information content (AvgIpc) is 2.54. The van der Waals surface area contributed by atoms with E-state index in [1.54, 1.807) is 4.90 Å². The van der Waals surface area contributed by atoms with E-state index in [-0.39, 0.29) is 11.7 Å². The zero-order valence-electron chi connectivity index (χ0n) is 14.0. The topological polar surface area (TPSA) is 57.7 Å². The van der Waals surface area contributed by atoms with Crippen LogP contribution >= 0.6 is 0 Å². The highest BCUT2D eigenvalue weighted by Crippen LogP contribution is 2.12. The number of benzene rings is 1. The van der Waals surface area contributed by atoms with Crippen molar-refractivity contribution in [2.24, 2.45) is 0 Å². The van der Waals surface area contributed by atoms with Crippen LogP contribution in [0.2, 0.25) is 0 Å². The Kier molecular flexibility index (Phi) is 6.18. The number of aryl methyl sites for hydroxylation is 2. The van der Waals surface area contributed by atoms with E-state index in [1.807, 2.05) is 13.8 Å². The van der Waals surface area contributed by atoms with Crippen molar-refractivity contribution in [3.63, 3.8) is 0 Å². The molecule has 0 spiro atoms. The maximum Gasteiger partial charge on any atom is 0.222 e. The molecule has 0 aromatic heterocycles. The Morgan fingerprint density at radius 2 is 1.70 bits per heavy atom. The van der Waals surface area contributed by atoms with Crippen LogP contribution in [-0.2, 0) is 21.2 Å². The molecule has 0 saturated carbocycles. The third-order valence-electron chi connectivity index (χ3n) is 4.19. The van der Waals surface area contributed by atoms with Gasteiger partial charge < -0.3 is 4.90 Å². The molecule has 0 N–H and O–H groups in total. The van der Waals surface area contributed by atoms with Gasteiger partial charge in [0.2, 0.25) is 15.9 Å². The van der Waals surface area contributed by atoms with Gasteiger partial charge in [0.1, 0.15) is 0 Å². The molecule has 5 nitrogen and oxygen atoms in total. The Hall–Kier alpha value is -1.40. The van der Waals surface area contributed by atoms with Gasteiger partial charge in [0, 0.05) is 32.6 Å². The minimum Gasteiger partial charge on any atom is -0.340 e. The number of hydrogen-bond acceptors (Lipinski definition) is 3. The lowest BCUT2D eigenvalue weighted by molar-refractivity contribution is -0.132. The number of amides is 1. The zero-order valence-corrected chi connectivity index (χ0v) is 14.8. The molecule has 1 amide bonds. The van der Waals surface area contributed by atoms with Crippen LogP contribution in [0.3, 0.4) is 0 Å². The summed E-state index contributed by atoms with van der Waals surface area (Å²) >= 11 is 0. The fourth-order valence-electron chi connectivity index (χ4n) is 2.77. The number of rotatable bonds is 6. The summed E-state index contributed by atoms with van der Waals surface area (Å²) in [4.78, 5) is 14.1. The second-order valence-electron chi connectivity index (χ2n) is 6.08. The molecule has 1 saturated heterocycles. The van der Waals surface area contributed by atoms with Crippen LogP contribution in [0, 0.1) is 6.92 Å². The summed E-state index contributed by atoms with van der Waals surface area (Å²) in [6.45, 7) is 5.73. The van der Waals surface area contributed by atoms with Gasteiger partial charge in [0.25, 0.3) is 0 Å². The van der Waals surface area contributed by atoms with Crippen molar-refractivity contribution in [2.45, 2.75) is 33.1 Å². The summed E-state index contributed by atoms with van der Waals surface area (Å²) in [5.41, 5.74) is 2.37. The van der Waals surface area contributed by atoms with Gasteiger partial charge in [-0.05, 0) is 25.3 Å². The van der Waals surface area contributed by atoms with E-state index in [2.05, 4.69) is 24.3 Å². The van der Waals surface area contributed by atoms with Crippen molar-refractivity contribution in [2.75, 3.05) is 31.9 Å². The predicted molar refractivity (Wildman–Crippen MR) is 91.7 cm³/mol. The SMILES string of the molecule is CCCS(=O)(=O)N1CCN(C(=O)CCc2ccc(C)cc2)CC1. The highest BCUT2D eigenvalue weighted by atomic mass is 32.2. The first-order chi connectivity index (χ1) is 10.9. The third-order valence-corrected chi connectivity index (χ3v) is 6.27. The Morgan fingerprint density at radius 3 is 2.26 bits per heavy atom. The van der Waals surface area contributed by atoms with E-state index in [0.717, 1.165) is 12.0 Å². The molecule has 1 aliphatic heterocycles. The summed E-state index contributed by atoms with van der Waals surface area (Å²) in [7, 11) is -3.15. The molecule has 0 bridgehead atoms. The van der Waals surface area contributed by atoms with Crippen molar-refractivity contribution in [3.8, 4) is 0 Å². The Bertz CT molecular complexity index is 618. The summed E-state index contributed by atoms with van der Waals surface area (Å²) in [6.07, 6.45) is 1.83. The molecule has 1 heterocycles. The molecule has 6 heteroatoms. The van der Waals surface area contributed by atoms with Gasteiger partial charge in [-0.15, -0.1) is 0 Å². The number of carbonyl (C=O) groups excluding carboxylic acids is 1. The minimum atomic E-state index is -3.15. The molecule has 1 aromatic carbocycles. The molecule has 1 fully saturated rings. The summed E-state index contributed by atoms with van der Waals surface area (Å²) < 4.78 is 25.6. The van der Waals surface area contributed by atoms with E-state index < -0.39 is 10.0 Å². The Morgan fingerprint density at radius 1 is 1.09 bits per heavy atom. The smallest absolute Gasteiger partial charge is 0.222 e. The molecule has 23 heavy (non-hydrogen) atoms. The van der Waals surface area contributed by atoms with Crippen LogP contribution in [0.25, 0.3) is 0 Å². The van der Waals surface area contributed by atoms with Gasteiger partial charge in [-0.3, -0.25) is 4.79 Å². The average molecular weight is 338 g/mol. The Balaban J connectivity index is 1.80.